The average molecular weight is 407 g/mol. The predicted octanol–water partition coefficient (Wildman–Crippen LogP) is 3.03. The van der Waals surface area contributed by atoms with E-state index in [0.29, 0.717) is 23.7 Å². The summed E-state index contributed by atoms with van der Waals surface area (Å²) in [7, 11) is 0. The molecule has 1 aromatic heterocycles. The number of nitrogens with one attached hydrogen (secondary N) is 1. The Bertz CT molecular complexity index is 1010. The van der Waals surface area contributed by atoms with E-state index in [2.05, 4.69) is 32.2 Å². The van der Waals surface area contributed by atoms with Crippen molar-refractivity contribution in [3.05, 3.63) is 71.5 Å². The van der Waals surface area contributed by atoms with E-state index in [9.17, 15) is 9.59 Å². The molecule has 3 N–H and O–H groups in total. The molecule has 2 aromatic carbocycles. The fraction of sp³-hybridized carbons (Fsp3) is 0.238. The van der Waals surface area contributed by atoms with Gasteiger partial charge in [0.25, 0.3) is 0 Å². The van der Waals surface area contributed by atoms with E-state index >= 15 is 0 Å². The van der Waals surface area contributed by atoms with Gasteiger partial charge in [0.2, 0.25) is 11.8 Å². The van der Waals surface area contributed by atoms with Crippen LogP contribution in [0.2, 0.25) is 0 Å². The van der Waals surface area contributed by atoms with E-state index in [-0.39, 0.29) is 11.7 Å². The molecular weight excluding hydrogens is 386 g/mol. The molecule has 1 aliphatic carbocycles. The van der Waals surface area contributed by atoms with Crippen LogP contribution < -0.4 is 11.1 Å². The van der Waals surface area contributed by atoms with Gasteiger partial charge in [-0.3, -0.25) is 9.59 Å². The number of rotatable bonds is 8. The van der Waals surface area contributed by atoms with Crippen molar-refractivity contribution in [3.8, 4) is 0 Å². The van der Waals surface area contributed by atoms with E-state index in [1.165, 1.54) is 17.3 Å². The zero-order chi connectivity index (χ0) is 20.2. The number of hydrogen-bond donors (Lipinski definition) is 2. The first-order valence-electron chi connectivity index (χ1n) is 9.39. The summed E-state index contributed by atoms with van der Waals surface area (Å²) in [6.07, 6.45) is 2.28. The molecule has 0 radical (unpaired) electrons. The van der Waals surface area contributed by atoms with E-state index in [0.717, 1.165) is 23.8 Å². The molecule has 0 atom stereocenters. The Balaban J connectivity index is 1.41. The summed E-state index contributed by atoms with van der Waals surface area (Å²) < 4.78 is 2.12. The first kappa shape index (κ1) is 19.2. The minimum Gasteiger partial charge on any atom is -0.366 e. The SMILES string of the molecule is NC(=O)c1ccc(NC(=O)CSc2nnc(C3CC3)n2Cc2ccccc2)cc1. The third-order valence-electron chi connectivity index (χ3n) is 4.66. The van der Waals surface area contributed by atoms with Gasteiger partial charge in [0.05, 0.1) is 12.3 Å². The summed E-state index contributed by atoms with van der Waals surface area (Å²) in [6.45, 7) is 0.693. The van der Waals surface area contributed by atoms with E-state index in [1.807, 2.05) is 18.2 Å². The first-order valence-corrected chi connectivity index (χ1v) is 10.4. The van der Waals surface area contributed by atoms with Gasteiger partial charge in [-0.1, -0.05) is 42.1 Å². The number of thioether (sulfide) groups is 1. The molecule has 0 bridgehead atoms. The van der Waals surface area contributed by atoms with Crippen LogP contribution >= 0.6 is 11.8 Å². The van der Waals surface area contributed by atoms with Gasteiger partial charge < -0.3 is 15.6 Å². The smallest absolute Gasteiger partial charge is 0.248 e. The highest BCUT2D eigenvalue weighted by Crippen LogP contribution is 2.40. The number of nitrogens with zero attached hydrogens (tertiary/aromatic N) is 3. The second-order valence-corrected chi connectivity index (χ2v) is 7.91. The maximum atomic E-state index is 12.3. The number of carbonyl (C=O) groups excluding carboxylic acids is 2. The van der Waals surface area contributed by atoms with Gasteiger partial charge in [0, 0.05) is 17.2 Å². The molecule has 0 saturated heterocycles. The molecule has 8 heteroatoms. The summed E-state index contributed by atoms with van der Waals surface area (Å²) in [6, 6.07) is 16.7. The summed E-state index contributed by atoms with van der Waals surface area (Å²) >= 11 is 1.37. The Morgan fingerprint density at radius 1 is 1.07 bits per heavy atom. The highest BCUT2D eigenvalue weighted by atomic mass is 32.2. The topological polar surface area (TPSA) is 103 Å². The highest BCUT2D eigenvalue weighted by Gasteiger charge is 2.30. The van der Waals surface area contributed by atoms with Gasteiger partial charge in [-0.15, -0.1) is 10.2 Å². The average Bonchev–Trinajstić information content (AvgIpc) is 3.49. The number of hydrogen-bond acceptors (Lipinski definition) is 5. The Morgan fingerprint density at radius 3 is 2.45 bits per heavy atom. The Kier molecular flexibility index (Phi) is 5.62. The highest BCUT2D eigenvalue weighted by molar-refractivity contribution is 7.99. The van der Waals surface area contributed by atoms with Crippen molar-refractivity contribution in [2.45, 2.75) is 30.5 Å². The molecule has 0 spiro atoms. The molecule has 29 heavy (non-hydrogen) atoms. The molecule has 3 aromatic rings. The maximum Gasteiger partial charge on any atom is 0.248 e. The number of carbonyl (C=O) groups is 2. The number of primary amides is 1. The van der Waals surface area contributed by atoms with E-state index in [1.54, 1.807) is 24.3 Å². The van der Waals surface area contributed by atoms with Crippen molar-refractivity contribution in [2.24, 2.45) is 5.73 Å². The minimum atomic E-state index is -0.498. The molecule has 4 rings (SSSR count). The van der Waals surface area contributed by atoms with Crippen LogP contribution in [0.4, 0.5) is 5.69 Å². The Morgan fingerprint density at radius 2 is 1.79 bits per heavy atom. The molecular formula is C21H21N5O2S. The molecule has 1 saturated carbocycles. The number of amides is 2. The first-order chi connectivity index (χ1) is 14.1. The lowest BCUT2D eigenvalue weighted by molar-refractivity contribution is -0.113. The minimum absolute atomic E-state index is 0.149. The molecule has 1 heterocycles. The van der Waals surface area contributed by atoms with Crippen LogP contribution in [0.15, 0.2) is 59.8 Å². The third-order valence-corrected chi connectivity index (χ3v) is 5.62. The second kappa shape index (κ2) is 8.48. The van der Waals surface area contributed by atoms with Crippen molar-refractivity contribution in [1.29, 1.82) is 0 Å². The van der Waals surface area contributed by atoms with Crippen LogP contribution in [0, 0.1) is 0 Å². The van der Waals surface area contributed by atoms with Gasteiger partial charge in [-0.2, -0.15) is 0 Å². The van der Waals surface area contributed by atoms with Crippen LogP contribution in [0.3, 0.4) is 0 Å². The van der Waals surface area contributed by atoms with Gasteiger partial charge in [-0.05, 0) is 42.7 Å². The fourth-order valence-electron chi connectivity index (χ4n) is 3.01. The van der Waals surface area contributed by atoms with Crippen LogP contribution in [0.5, 0.6) is 0 Å². The van der Waals surface area contributed by atoms with Gasteiger partial charge in [0.15, 0.2) is 5.16 Å². The van der Waals surface area contributed by atoms with Crippen LogP contribution in [-0.2, 0) is 11.3 Å². The molecule has 7 nitrogen and oxygen atoms in total. The molecule has 0 unspecified atom stereocenters. The lowest BCUT2D eigenvalue weighted by Crippen LogP contribution is -2.15. The normalized spacial score (nSPS) is 13.2. The molecule has 1 fully saturated rings. The quantitative estimate of drug-likeness (QED) is 0.559. The molecule has 1 aliphatic rings. The monoisotopic (exact) mass is 407 g/mol. The molecule has 0 aliphatic heterocycles. The second-order valence-electron chi connectivity index (χ2n) is 6.97. The summed E-state index contributed by atoms with van der Waals surface area (Å²) in [4.78, 5) is 23.5. The number of nitrogens with two attached hydrogens (primary N) is 1. The van der Waals surface area contributed by atoms with Crippen molar-refractivity contribution in [1.82, 2.24) is 14.8 Å². The van der Waals surface area contributed by atoms with Crippen molar-refractivity contribution in [2.75, 3.05) is 11.1 Å². The van der Waals surface area contributed by atoms with Crippen LogP contribution in [0.1, 0.15) is 40.5 Å². The summed E-state index contributed by atoms with van der Waals surface area (Å²) in [5, 5.41) is 12.3. The summed E-state index contributed by atoms with van der Waals surface area (Å²) in [5.41, 5.74) is 7.42. The standard InChI is InChI=1S/C21H21N5O2S/c22-19(28)15-8-10-17(11-9-15)23-18(27)13-29-21-25-24-20(16-6-7-16)26(21)12-14-4-2-1-3-5-14/h1-5,8-11,16H,6-7,12-13H2,(H2,22,28)(H,23,27). The third kappa shape index (κ3) is 4.83. The predicted molar refractivity (Wildman–Crippen MR) is 112 cm³/mol. The Labute approximate surface area is 172 Å². The van der Waals surface area contributed by atoms with Crippen LogP contribution in [-0.4, -0.2) is 32.3 Å². The molecule has 148 valence electrons. The fourth-order valence-corrected chi connectivity index (χ4v) is 3.75. The van der Waals surface area contributed by atoms with E-state index in [4.69, 9.17) is 5.73 Å². The van der Waals surface area contributed by atoms with E-state index < -0.39 is 5.91 Å². The molecule has 2 amide bonds. The maximum absolute atomic E-state index is 12.3. The van der Waals surface area contributed by atoms with Crippen LogP contribution in [0.25, 0.3) is 0 Å². The van der Waals surface area contributed by atoms with Gasteiger partial charge in [0.1, 0.15) is 5.82 Å². The summed E-state index contributed by atoms with van der Waals surface area (Å²) in [5.74, 6) is 1.04. The zero-order valence-corrected chi connectivity index (χ0v) is 16.6. The lowest BCUT2D eigenvalue weighted by atomic mass is 10.2. The lowest BCUT2D eigenvalue weighted by Gasteiger charge is -2.10. The largest absolute Gasteiger partial charge is 0.366 e. The number of anilines is 1. The van der Waals surface area contributed by atoms with Crippen molar-refractivity contribution >= 4 is 29.3 Å². The van der Waals surface area contributed by atoms with Crippen molar-refractivity contribution < 1.29 is 9.59 Å². The van der Waals surface area contributed by atoms with Gasteiger partial charge >= 0.3 is 0 Å². The van der Waals surface area contributed by atoms with Gasteiger partial charge in [-0.25, -0.2) is 0 Å². The Hall–Kier alpha value is -3.13. The number of benzene rings is 2. The van der Waals surface area contributed by atoms with Crippen molar-refractivity contribution in [3.63, 3.8) is 0 Å². The number of aromatic nitrogens is 3. The zero-order valence-electron chi connectivity index (χ0n) is 15.7.